The number of ether oxygens (including phenoxy) is 2. The van der Waals surface area contributed by atoms with E-state index in [4.69, 9.17) is 9.47 Å². The smallest absolute Gasteiger partial charge is 0.255 e. The molecule has 124 valence electrons. The molecule has 2 bridgehead atoms. The van der Waals surface area contributed by atoms with Gasteiger partial charge in [0.15, 0.2) is 18.5 Å². The number of hydrogen-bond donors (Lipinski definition) is 1. The molecular formula is C17H22N2O4. The van der Waals surface area contributed by atoms with Crippen molar-refractivity contribution in [1.82, 2.24) is 10.2 Å². The number of amides is 2. The lowest BCUT2D eigenvalue weighted by Gasteiger charge is -2.30. The zero-order valence-corrected chi connectivity index (χ0v) is 13.2. The molecule has 1 aromatic rings. The van der Waals surface area contributed by atoms with Crippen molar-refractivity contribution in [2.75, 3.05) is 13.1 Å². The second-order valence-electron chi connectivity index (χ2n) is 5.89. The molecule has 1 aromatic carbocycles. The molecule has 0 radical (unpaired) electrons. The normalized spacial score (nSPS) is 26.4. The molecule has 2 fully saturated rings. The lowest BCUT2D eigenvalue weighted by molar-refractivity contribution is -0.162. The van der Waals surface area contributed by atoms with Gasteiger partial charge in [-0.15, -0.1) is 0 Å². The van der Waals surface area contributed by atoms with Crippen molar-refractivity contribution in [2.45, 2.75) is 44.8 Å². The van der Waals surface area contributed by atoms with E-state index in [-0.39, 0.29) is 11.8 Å². The summed E-state index contributed by atoms with van der Waals surface area (Å²) >= 11 is 0. The molecule has 6 nitrogen and oxygen atoms in total. The van der Waals surface area contributed by atoms with E-state index < -0.39 is 18.5 Å². The van der Waals surface area contributed by atoms with Crippen LogP contribution in [-0.2, 0) is 25.6 Å². The highest BCUT2D eigenvalue weighted by Gasteiger charge is 2.50. The van der Waals surface area contributed by atoms with Crippen molar-refractivity contribution in [3.63, 3.8) is 0 Å². The zero-order valence-electron chi connectivity index (χ0n) is 13.2. The second kappa shape index (κ2) is 7.10. The third-order valence-corrected chi connectivity index (χ3v) is 4.10. The Hall–Kier alpha value is -1.92. The van der Waals surface area contributed by atoms with Crippen LogP contribution < -0.4 is 5.32 Å². The molecule has 2 heterocycles. The van der Waals surface area contributed by atoms with Gasteiger partial charge in [0.05, 0.1) is 6.54 Å². The Morgan fingerprint density at radius 1 is 1.30 bits per heavy atom. The van der Waals surface area contributed by atoms with E-state index in [0.29, 0.717) is 19.6 Å². The quantitative estimate of drug-likeness (QED) is 0.796. The summed E-state index contributed by atoms with van der Waals surface area (Å²) in [6.45, 7) is 3.50. The van der Waals surface area contributed by atoms with Gasteiger partial charge < -0.3 is 19.7 Å². The molecule has 2 saturated heterocycles. The minimum absolute atomic E-state index is 0.182. The number of morpholine rings is 1. The first-order valence-corrected chi connectivity index (χ1v) is 8.10. The van der Waals surface area contributed by atoms with Crippen LogP contribution in [0.5, 0.6) is 0 Å². The first-order chi connectivity index (χ1) is 11.2. The fraction of sp³-hybridized carbons (Fsp3) is 0.529. The maximum absolute atomic E-state index is 12.6. The number of carbonyl (C=O) groups is 2. The summed E-state index contributed by atoms with van der Waals surface area (Å²) < 4.78 is 11.2. The summed E-state index contributed by atoms with van der Waals surface area (Å²) in [4.78, 5) is 26.5. The van der Waals surface area contributed by atoms with Crippen LogP contribution in [0.1, 0.15) is 25.3 Å². The molecule has 2 aliphatic heterocycles. The van der Waals surface area contributed by atoms with E-state index >= 15 is 0 Å². The maximum Gasteiger partial charge on any atom is 0.255 e. The fourth-order valence-electron chi connectivity index (χ4n) is 2.86. The highest BCUT2D eigenvalue weighted by Crippen LogP contribution is 2.28. The van der Waals surface area contributed by atoms with Gasteiger partial charge in [-0.25, -0.2) is 0 Å². The molecule has 23 heavy (non-hydrogen) atoms. The predicted octanol–water partition coefficient (Wildman–Crippen LogP) is 1.06. The van der Waals surface area contributed by atoms with Crippen molar-refractivity contribution in [3.05, 3.63) is 35.9 Å². The van der Waals surface area contributed by atoms with E-state index in [0.717, 1.165) is 18.4 Å². The van der Waals surface area contributed by atoms with E-state index in [1.54, 1.807) is 4.90 Å². The van der Waals surface area contributed by atoms with Crippen LogP contribution in [0.25, 0.3) is 0 Å². The van der Waals surface area contributed by atoms with Gasteiger partial charge in [-0.05, 0) is 12.0 Å². The third-order valence-electron chi connectivity index (χ3n) is 4.10. The number of rotatable bonds is 6. The van der Waals surface area contributed by atoms with Gasteiger partial charge in [0.1, 0.15) is 0 Å². The Kier molecular flexibility index (Phi) is 4.93. The number of fused-ring (bicyclic) bond motifs is 2. The Bertz CT molecular complexity index is 563. The average Bonchev–Trinajstić information content (AvgIpc) is 2.93. The molecule has 1 N–H and O–H groups in total. The van der Waals surface area contributed by atoms with Gasteiger partial charge in [0.25, 0.3) is 11.8 Å². The lowest BCUT2D eigenvalue weighted by atomic mass is 10.1. The summed E-state index contributed by atoms with van der Waals surface area (Å²) in [6, 6.07) is 9.76. The molecule has 3 atom stereocenters. The molecule has 0 saturated carbocycles. The number of carbonyl (C=O) groups excluding carboxylic acids is 2. The van der Waals surface area contributed by atoms with Crippen molar-refractivity contribution in [3.8, 4) is 0 Å². The summed E-state index contributed by atoms with van der Waals surface area (Å²) in [5, 5.41) is 2.81. The molecule has 0 unspecified atom stereocenters. The fourth-order valence-corrected chi connectivity index (χ4v) is 2.86. The van der Waals surface area contributed by atoms with Gasteiger partial charge in [-0.1, -0.05) is 43.7 Å². The van der Waals surface area contributed by atoms with Crippen LogP contribution in [0.3, 0.4) is 0 Å². The van der Waals surface area contributed by atoms with Crippen LogP contribution in [-0.4, -0.2) is 48.3 Å². The van der Waals surface area contributed by atoms with Gasteiger partial charge in [0, 0.05) is 13.1 Å². The number of unbranched alkanes of at least 4 members (excludes halogenated alkanes) is 1. The summed E-state index contributed by atoms with van der Waals surface area (Å²) in [6.07, 6.45) is -0.299. The molecule has 3 rings (SSSR count). The largest absolute Gasteiger partial charge is 0.354 e. The Morgan fingerprint density at radius 2 is 2.09 bits per heavy atom. The third kappa shape index (κ3) is 3.54. The van der Waals surface area contributed by atoms with Gasteiger partial charge >= 0.3 is 0 Å². The molecular weight excluding hydrogens is 296 g/mol. The minimum Gasteiger partial charge on any atom is -0.354 e. The molecule has 2 amide bonds. The highest BCUT2D eigenvalue weighted by molar-refractivity contribution is 5.92. The van der Waals surface area contributed by atoms with Crippen LogP contribution in [0.2, 0.25) is 0 Å². The lowest BCUT2D eigenvalue weighted by Crippen LogP contribution is -2.51. The van der Waals surface area contributed by atoms with Gasteiger partial charge in [-0.3, -0.25) is 9.59 Å². The van der Waals surface area contributed by atoms with Crippen LogP contribution >= 0.6 is 0 Å². The highest BCUT2D eigenvalue weighted by atomic mass is 16.7. The standard InChI is InChI=1S/C17H22N2O4/c1-2-3-9-18-16(20)14-15-17(21)19(11-13(22-14)23-15)10-12-7-5-4-6-8-12/h4-8,13-15H,2-3,9-11H2,1H3,(H,18,20)/t13-,14-,15-/m1/s1. The SMILES string of the molecule is CCCCNC(=O)[C@@H]1O[C@H]2CN(Cc3ccccc3)C(=O)[C@@H]1O2. The topological polar surface area (TPSA) is 67.9 Å². The van der Waals surface area contributed by atoms with Crippen LogP contribution in [0.4, 0.5) is 0 Å². The summed E-state index contributed by atoms with van der Waals surface area (Å²) in [5.74, 6) is -0.445. The summed E-state index contributed by atoms with van der Waals surface area (Å²) in [7, 11) is 0. The zero-order chi connectivity index (χ0) is 16.2. The van der Waals surface area contributed by atoms with Crippen LogP contribution in [0, 0.1) is 0 Å². The number of hydrogen-bond acceptors (Lipinski definition) is 4. The van der Waals surface area contributed by atoms with Gasteiger partial charge in [0.2, 0.25) is 0 Å². The number of benzene rings is 1. The second-order valence-corrected chi connectivity index (χ2v) is 5.89. The Labute approximate surface area is 135 Å². The molecule has 2 aliphatic rings. The molecule has 6 heteroatoms. The average molecular weight is 318 g/mol. The van der Waals surface area contributed by atoms with Crippen molar-refractivity contribution in [2.24, 2.45) is 0 Å². The monoisotopic (exact) mass is 318 g/mol. The van der Waals surface area contributed by atoms with Crippen molar-refractivity contribution < 1.29 is 19.1 Å². The number of nitrogens with one attached hydrogen (secondary N) is 1. The molecule has 0 spiro atoms. The van der Waals surface area contributed by atoms with E-state index in [1.807, 2.05) is 30.3 Å². The maximum atomic E-state index is 12.6. The van der Waals surface area contributed by atoms with E-state index in [1.165, 1.54) is 0 Å². The summed E-state index contributed by atoms with van der Waals surface area (Å²) in [5.41, 5.74) is 1.05. The molecule has 0 aliphatic carbocycles. The van der Waals surface area contributed by atoms with Gasteiger partial charge in [-0.2, -0.15) is 0 Å². The van der Waals surface area contributed by atoms with Crippen molar-refractivity contribution in [1.29, 1.82) is 0 Å². The molecule has 0 aromatic heterocycles. The first kappa shape index (κ1) is 16.0. The van der Waals surface area contributed by atoms with Crippen molar-refractivity contribution >= 4 is 11.8 Å². The minimum atomic E-state index is -0.842. The Morgan fingerprint density at radius 3 is 2.83 bits per heavy atom. The Balaban J connectivity index is 1.63. The number of nitrogens with zero attached hydrogens (tertiary/aromatic N) is 1. The van der Waals surface area contributed by atoms with E-state index in [9.17, 15) is 9.59 Å². The predicted molar refractivity (Wildman–Crippen MR) is 83.3 cm³/mol. The van der Waals surface area contributed by atoms with E-state index in [2.05, 4.69) is 12.2 Å². The van der Waals surface area contributed by atoms with Crippen LogP contribution in [0.15, 0.2) is 30.3 Å². The first-order valence-electron chi connectivity index (χ1n) is 8.10.